The molecule has 4 rings (SSSR count). The number of carbonyl (C=O) groups excluding carboxylic acids is 1. The van der Waals surface area contributed by atoms with Gasteiger partial charge in [-0.3, -0.25) is 9.69 Å². The molecule has 0 saturated carbocycles. The van der Waals surface area contributed by atoms with Gasteiger partial charge in [-0.25, -0.2) is 0 Å². The van der Waals surface area contributed by atoms with Crippen LogP contribution in [0.2, 0.25) is 0 Å². The average molecular weight is 480 g/mol. The number of benzene rings is 2. The fraction of sp³-hybridized carbons (Fsp3) is 0.304. The Balaban J connectivity index is 1.33. The van der Waals surface area contributed by atoms with Crippen LogP contribution in [0.4, 0.5) is 5.69 Å². The van der Waals surface area contributed by atoms with Crippen molar-refractivity contribution in [1.82, 2.24) is 15.0 Å². The largest absolute Gasteiger partial charge is 0.338 e. The van der Waals surface area contributed by atoms with E-state index in [0.29, 0.717) is 31.2 Å². The summed E-state index contributed by atoms with van der Waals surface area (Å²) < 4.78 is 6.43. The molecule has 1 fully saturated rings. The maximum absolute atomic E-state index is 12.7. The van der Waals surface area contributed by atoms with Gasteiger partial charge in [-0.05, 0) is 61.3 Å². The van der Waals surface area contributed by atoms with Crippen molar-refractivity contribution in [3.8, 4) is 17.5 Å². The first-order valence-electron chi connectivity index (χ1n) is 10.2. The Morgan fingerprint density at radius 2 is 2.00 bits per heavy atom. The number of hydrogen-bond acceptors (Lipinski definition) is 6. The van der Waals surface area contributed by atoms with Crippen LogP contribution in [0.1, 0.15) is 24.3 Å². The standard InChI is InChI=1S/C23H22BrN5O2/c24-19-7-5-17(6-8-19)22-27-21(31-28-22)15-29-13-1-2-18(14-29)23(30)26-20-9-3-16(4-10-20)11-12-25/h3-10,18H,1-2,11,13-15H2,(H,26,30). The predicted octanol–water partition coefficient (Wildman–Crippen LogP) is 4.42. The van der Waals surface area contributed by atoms with E-state index in [4.69, 9.17) is 9.78 Å². The maximum Gasteiger partial charge on any atom is 0.241 e. The number of piperidine rings is 1. The Morgan fingerprint density at radius 1 is 1.23 bits per heavy atom. The van der Waals surface area contributed by atoms with Crippen LogP contribution in [0.3, 0.4) is 0 Å². The zero-order valence-corrected chi connectivity index (χ0v) is 18.5. The SMILES string of the molecule is N#CCc1ccc(NC(=O)C2CCCN(Cc3nc(-c4ccc(Br)cc4)no3)C2)cc1. The summed E-state index contributed by atoms with van der Waals surface area (Å²) in [5.74, 6) is 1.03. The number of rotatable bonds is 6. The third-order valence-corrected chi connectivity index (χ3v) is 5.84. The zero-order chi connectivity index (χ0) is 21.6. The predicted molar refractivity (Wildman–Crippen MR) is 120 cm³/mol. The highest BCUT2D eigenvalue weighted by molar-refractivity contribution is 9.10. The molecule has 2 aromatic carbocycles. The molecule has 0 spiro atoms. The van der Waals surface area contributed by atoms with Gasteiger partial charge >= 0.3 is 0 Å². The van der Waals surface area contributed by atoms with E-state index in [1.165, 1.54) is 0 Å². The van der Waals surface area contributed by atoms with Gasteiger partial charge in [-0.1, -0.05) is 33.2 Å². The lowest BCUT2D eigenvalue weighted by molar-refractivity contribution is -0.121. The van der Waals surface area contributed by atoms with Gasteiger partial charge in [0, 0.05) is 22.3 Å². The summed E-state index contributed by atoms with van der Waals surface area (Å²) in [5.41, 5.74) is 2.58. The molecule has 2 heterocycles. The number of halogens is 1. The van der Waals surface area contributed by atoms with Gasteiger partial charge in [-0.2, -0.15) is 10.2 Å². The quantitative estimate of drug-likeness (QED) is 0.562. The lowest BCUT2D eigenvalue weighted by Gasteiger charge is -2.30. The highest BCUT2D eigenvalue weighted by Crippen LogP contribution is 2.22. The van der Waals surface area contributed by atoms with E-state index in [1.54, 1.807) is 0 Å². The number of hydrogen-bond donors (Lipinski definition) is 1. The van der Waals surface area contributed by atoms with Crippen molar-refractivity contribution < 1.29 is 9.32 Å². The lowest BCUT2D eigenvalue weighted by Crippen LogP contribution is -2.40. The van der Waals surface area contributed by atoms with Crippen molar-refractivity contribution in [2.24, 2.45) is 5.92 Å². The first kappa shape index (κ1) is 21.2. The topological polar surface area (TPSA) is 95.1 Å². The molecule has 1 aromatic heterocycles. The molecule has 1 aliphatic heterocycles. The Morgan fingerprint density at radius 3 is 2.74 bits per heavy atom. The first-order chi connectivity index (χ1) is 15.1. The van der Waals surface area contributed by atoms with E-state index in [1.807, 2.05) is 48.5 Å². The minimum Gasteiger partial charge on any atom is -0.338 e. The summed E-state index contributed by atoms with van der Waals surface area (Å²) in [5, 5.41) is 15.8. The number of likely N-dealkylation sites (tertiary alicyclic amines) is 1. The number of amides is 1. The van der Waals surface area contributed by atoms with E-state index in [9.17, 15) is 4.79 Å². The number of aromatic nitrogens is 2. The third kappa shape index (κ3) is 5.57. The summed E-state index contributed by atoms with van der Waals surface area (Å²) >= 11 is 3.42. The average Bonchev–Trinajstić information content (AvgIpc) is 3.24. The van der Waals surface area contributed by atoms with Crippen molar-refractivity contribution >= 4 is 27.5 Å². The van der Waals surface area contributed by atoms with Gasteiger partial charge in [0.1, 0.15) is 0 Å². The van der Waals surface area contributed by atoms with E-state index < -0.39 is 0 Å². The number of nitriles is 1. The van der Waals surface area contributed by atoms with Crippen molar-refractivity contribution in [3.05, 3.63) is 64.5 Å². The molecular formula is C23H22BrN5O2. The molecule has 0 radical (unpaired) electrons. The van der Waals surface area contributed by atoms with Crippen LogP contribution in [0, 0.1) is 17.2 Å². The minimum atomic E-state index is -0.0959. The molecule has 0 bridgehead atoms. The second kappa shape index (κ2) is 9.86. The summed E-state index contributed by atoms with van der Waals surface area (Å²) in [6, 6.07) is 17.3. The summed E-state index contributed by atoms with van der Waals surface area (Å²) in [6.45, 7) is 2.06. The van der Waals surface area contributed by atoms with Crippen LogP contribution in [-0.2, 0) is 17.8 Å². The van der Waals surface area contributed by atoms with Gasteiger partial charge in [0.05, 0.1) is 25.0 Å². The number of nitrogens with zero attached hydrogens (tertiary/aromatic N) is 4. The van der Waals surface area contributed by atoms with E-state index in [0.717, 1.165) is 40.7 Å². The van der Waals surface area contributed by atoms with E-state index >= 15 is 0 Å². The number of anilines is 1. The van der Waals surface area contributed by atoms with Gasteiger partial charge in [0.25, 0.3) is 0 Å². The Hall–Kier alpha value is -3.02. The van der Waals surface area contributed by atoms with Crippen molar-refractivity contribution in [2.75, 3.05) is 18.4 Å². The van der Waals surface area contributed by atoms with Crippen LogP contribution < -0.4 is 5.32 Å². The zero-order valence-electron chi connectivity index (χ0n) is 16.9. The molecule has 1 atom stereocenters. The summed E-state index contributed by atoms with van der Waals surface area (Å²) in [7, 11) is 0. The highest BCUT2D eigenvalue weighted by Gasteiger charge is 2.27. The van der Waals surface area contributed by atoms with Crippen LogP contribution in [-0.4, -0.2) is 34.0 Å². The second-order valence-electron chi connectivity index (χ2n) is 7.61. The third-order valence-electron chi connectivity index (χ3n) is 5.31. The molecule has 1 amide bonds. The normalized spacial score (nSPS) is 16.6. The van der Waals surface area contributed by atoms with E-state index in [-0.39, 0.29) is 11.8 Å². The van der Waals surface area contributed by atoms with Gasteiger partial charge in [-0.15, -0.1) is 0 Å². The number of nitrogens with one attached hydrogen (secondary N) is 1. The van der Waals surface area contributed by atoms with Gasteiger partial charge in [0.15, 0.2) is 0 Å². The molecule has 1 saturated heterocycles. The second-order valence-corrected chi connectivity index (χ2v) is 8.53. The molecule has 1 unspecified atom stereocenters. The molecule has 31 heavy (non-hydrogen) atoms. The fourth-order valence-electron chi connectivity index (χ4n) is 3.68. The molecule has 1 aliphatic rings. The van der Waals surface area contributed by atoms with Gasteiger partial charge in [0.2, 0.25) is 17.6 Å². The minimum absolute atomic E-state index is 0.0128. The molecule has 0 aliphatic carbocycles. The van der Waals surface area contributed by atoms with Crippen molar-refractivity contribution in [3.63, 3.8) is 0 Å². The molecule has 7 nitrogen and oxygen atoms in total. The smallest absolute Gasteiger partial charge is 0.241 e. The summed E-state index contributed by atoms with van der Waals surface area (Å²) in [6.07, 6.45) is 2.15. The number of carbonyl (C=O) groups is 1. The Kier molecular flexibility index (Phi) is 6.75. The van der Waals surface area contributed by atoms with Gasteiger partial charge < -0.3 is 9.84 Å². The monoisotopic (exact) mass is 479 g/mol. The molecule has 158 valence electrons. The lowest BCUT2D eigenvalue weighted by atomic mass is 9.97. The Bertz CT molecular complexity index is 1070. The molecule has 3 aromatic rings. The molecule has 1 N–H and O–H groups in total. The first-order valence-corrected chi connectivity index (χ1v) is 11.0. The fourth-order valence-corrected chi connectivity index (χ4v) is 3.95. The van der Waals surface area contributed by atoms with Crippen LogP contribution in [0.25, 0.3) is 11.4 Å². The van der Waals surface area contributed by atoms with E-state index in [2.05, 4.69) is 42.4 Å². The van der Waals surface area contributed by atoms with Crippen LogP contribution in [0.15, 0.2) is 57.5 Å². The van der Waals surface area contributed by atoms with Crippen molar-refractivity contribution in [1.29, 1.82) is 5.26 Å². The molecular weight excluding hydrogens is 458 g/mol. The van der Waals surface area contributed by atoms with Crippen molar-refractivity contribution in [2.45, 2.75) is 25.8 Å². The highest BCUT2D eigenvalue weighted by atomic mass is 79.9. The van der Waals surface area contributed by atoms with Crippen LogP contribution >= 0.6 is 15.9 Å². The van der Waals surface area contributed by atoms with Crippen LogP contribution in [0.5, 0.6) is 0 Å². The molecule has 8 heteroatoms. The Labute approximate surface area is 189 Å². The maximum atomic E-state index is 12.7. The summed E-state index contributed by atoms with van der Waals surface area (Å²) in [4.78, 5) is 19.4.